The molecule has 1 aliphatic rings. The van der Waals surface area contributed by atoms with Gasteiger partial charge in [-0.05, 0) is 31.3 Å². The van der Waals surface area contributed by atoms with Crippen LogP contribution in [0.3, 0.4) is 0 Å². The van der Waals surface area contributed by atoms with Crippen molar-refractivity contribution in [3.63, 3.8) is 0 Å². The molecule has 0 saturated carbocycles. The Hall–Kier alpha value is -1.42. The molecule has 0 spiro atoms. The van der Waals surface area contributed by atoms with Crippen LogP contribution in [0.5, 0.6) is 0 Å². The van der Waals surface area contributed by atoms with Crippen LogP contribution in [0.25, 0.3) is 0 Å². The first-order valence-electron chi connectivity index (χ1n) is 4.98. The summed E-state index contributed by atoms with van der Waals surface area (Å²) in [7, 11) is 0. The lowest BCUT2D eigenvalue weighted by molar-refractivity contribution is 1.10. The highest BCUT2D eigenvalue weighted by Crippen LogP contribution is 2.15. The molecule has 3 nitrogen and oxygen atoms in total. The summed E-state index contributed by atoms with van der Waals surface area (Å²) in [6, 6.07) is 10.1. The van der Waals surface area contributed by atoms with Crippen LogP contribution in [0.1, 0.15) is 6.92 Å². The van der Waals surface area contributed by atoms with E-state index >= 15 is 0 Å². The van der Waals surface area contributed by atoms with Crippen molar-refractivity contribution < 1.29 is 0 Å². The van der Waals surface area contributed by atoms with E-state index in [1.54, 1.807) is 0 Å². The van der Waals surface area contributed by atoms with Gasteiger partial charge in [0.25, 0.3) is 0 Å². The SMILES string of the molecule is CCN=C1CN(c2ccccc2)C(=S)N1. The molecule has 1 fully saturated rings. The Balaban J connectivity index is 2.19. The van der Waals surface area contributed by atoms with E-state index in [4.69, 9.17) is 12.2 Å². The van der Waals surface area contributed by atoms with Gasteiger partial charge in [0.05, 0.1) is 6.54 Å². The molecule has 0 aromatic heterocycles. The molecule has 0 amide bonds. The van der Waals surface area contributed by atoms with Gasteiger partial charge >= 0.3 is 0 Å². The molecule has 4 heteroatoms. The number of nitrogens with zero attached hydrogens (tertiary/aromatic N) is 2. The molecule has 0 bridgehead atoms. The van der Waals surface area contributed by atoms with E-state index in [1.165, 1.54) is 0 Å². The average molecular weight is 219 g/mol. The molecule has 0 radical (unpaired) electrons. The number of hydrogen-bond donors (Lipinski definition) is 1. The Morgan fingerprint density at radius 2 is 2.13 bits per heavy atom. The van der Waals surface area contributed by atoms with Gasteiger partial charge in [0.15, 0.2) is 5.11 Å². The fourth-order valence-corrected chi connectivity index (χ4v) is 1.84. The largest absolute Gasteiger partial charge is 0.319 e. The zero-order chi connectivity index (χ0) is 10.7. The number of nitrogens with one attached hydrogen (secondary N) is 1. The Kier molecular flexibility index (Phi) is 2.97. The molecule has 0 atom stereocenters. The second-order valence-electron chi connectivity index (χ2n) is 3.27. The highest BCUT2D eigenvalue weighted by atomic mass is 32.1. The summed E-state index contributed by atoms with van der Waals surface area (Å²) < 4.78 is 0. The van der Waals surface area contributed by atoms with Gasteiger partial charge in [-0.2, -0.15) is 0 Å². The molecule has 1 aliphatic heterocycles. The summed E-state index contributed by atoms with van der Waals surface area (Å²) in [4.78, 5) is 6.37. The lowest BCUT2D eigenvalue weighted by Crippen LogP contribution is -2.27. The van der Waals surface area contributed by atoms with Crippen LogP contribution in [0.15, 0.2) is 35.3 Å². The van der Waals surface area contributed by atoms with E-state index < -0.39 is 0 Å². The molecule has 0 aliphatic carbocycles. The number of anilines is 1. The first-order valence-corrected chi connectivity index (χ1v) is 5.39. The van der Waals surface area contributed by atoms with Crippen LogP contribution < -0.4 is 10.2 Å². The second-order valence-corrected chi connectivity index (χ2v) is 3.66. The summed E-state index contributed by atoms with van der Waals surface area (Å²) >= 11 is 5.25. The van der Waals surface area contributed by atoms with Gasteiger partial charge < -0.3 is 10.2 Å². The summed E-state index contributed by atoms with van der Waals surface area (Å²) in [5.74, 6) is 0.950. The second kappa shape index (κ2) is 4.40. The van der Waals surface area contributed by atoms with Crippen molar-refractivity contribution in [2.24, 2.45) is 4.99 Å². The lowest BCUT2D eigenvalue weighted by atomic mass is 10.3. The number of amidine groups is 1. The van der Waals surface area contributed by atoms with Crippen LogP contribution >= 0.6 is 12.2 Å². The van der Waals surface area contributed by atoms with Crippen LogP contribution in [0.2, 0.25) is 0 Å². The number of para-hydroxylation sites is 1. The van der Waals surface area contributed by atoms with Crippen molar-refractivity contribution in [3.05, 3.63) is 30.3 Å². The Labute approximate surface area is 94.8 Å². The third-order valence-electron chi connectivity index (χ3n) is 2.22. The molecule has 0 unspecified atom stereocenters. The van der Waals surface area contributed by atoms with Crippen molar-refractivity contribution in [3.8, 4) is 0 Å². The van der Waals surface area contributed by atoms with E-state index in [9.17, 15) is 0 Å². The van der Waals surface area contributed by atoms with E-state index in [-0.39, 0.29) is 0 Å². The fourth-order valence-electron chi connectivity index (χ4n) is 1.55. The minimum atomic E-state index is 0.730. The number of hydrogen-bond acceptors (Lipinski definition) is 2. The minimum absolute atomic E-state index is 0.730. The fraction of sp³-hybridized carbons (Fsp3) is 0.273. The summed E-state index contributed by atoms with van der Waals surface area (Å²) in [6.07, 6.45) is 0. The molecular formula is C11H13N3S. The van der Waals surface area contributed by atoms with Crippen molar-refractivity contribution in [1.29, 1.82) is 0 Å². The van der Waals surface area contributed by atoms with Gasteiger partial charge in [0.2, 0.25) is 0 Å². The van der Waals surface area contributed by atoms with Crippen molar-refractivity contribution in [2.45, 2.75) is 6.92 Å². The number of aliphatic imine (C=N–C) groups is 1. The van der Waals surface area contributed by atoms with Gasteiger partial charge in [0.1, 0.15) is 5.84 Å². The normalized spacial score (nSPS) is 18.3. The quantitative estimate of drug-likeness (QED) is 0.769. The van der Waals surface area contributed by atoms with E-state index in [0.717, 1.165) is 29.7 Å². The predicted octanol–water partition coefficient (Wildman–Crippen LogP) is 1.80. The maximum atomic E-state index is 5.25. The van der Waals surface area contributed by atoms with Gasteiger partial charge in [-0.1, -0.05) is 18.2 Å². The number of benzene rings is 1. The Morgan fingerprint density at radius 1 is 1.40 bits per heavy atom. The van der Waals surface area contributed by atoms with Gasteiger partial charge in [-0.3, -0.25) is 4.99 Å². The number of rotatable bonds is 2. The minimum Gasteiger partial charge on any atom is -0.319 e. The highest BCUT2D eigenvalue weighted by molar-refractivity contribution is 7.80. The van der Waals surface area contributed by atoms with E-state index in [0.29, 0.717) is 0 Å². The molecule has 2 rings (SSSR count). The van der Waals surface area contributed by atoms with Crippen LogP contribution in [-0.2, 0) is 0 Å². The molecule has 78 valence electrons. The highest BCUT2D eigenvalue weighted by Gasteiger charge is 2.22. The molecule has 1 N–H and O–H groups in total. The third-order valence-corrected chi connectivity index (χ3v) is 2.54. The zero-order valence-electron chi connectivity index (χ0n) is 8.60. The predicted molar refractivity (Wildman–Crippen MR) is 67.5 cm³/mol. The third kappa shape index (κ3) is 2.15. The van der Waals surface area contributed by atoms with Crippen molar-refractivity contribution in [2.75, 3.05) is 18.0 Å². The van der Waals surface area contributed by atoms with Crippen molar-refractivity contribution >= 4 is 28.9 Å². The van der Waals surface area contributed by atoms with E-state index in [1.807, 2.05) is 42.2 Å². The summed E-state index contributed by atoms with van der Waals surface area (Å²) in [6.45, 7) is 3.55. The average Bonchev–Trinajstić information content (AvgIpc) is 2.61. The lowest BCUT2D eigenvalue weighted by Gasteiger charge is -2.14. The maximum Gasteiger partial charge on any atom is 0.179 e. The molecule has 1 saturated heterocycles. The summed E-state index contributed by atoms with van der Waals surface area (Å²) in [5.41, 5.74) is 1.11. The van der Waals surface area contributed by atoms with Crippen molar-refractivity contribution in [1.82, 2.24) is 5.32 Å². The zero-order valence-corrected chi connectivity index (χ0v) is 9.42. The Bertz CT molecular complexity index is 386. The molecular weight excluding hydrogens is 206 g/mol. The van der Waals surface area contributed by atoms with E-state index in [2.05, 4.69) is 10.3 Å². The molecule has 1 heterocycles. The van der Waals surface area contributed by atoms with Crippen LogP contribution in [0, 0.1) is 0 Å². The van der Waals surface area contributed by atoms with Crippen LogP contribution in [0.4, 0.5) is 5.69 Å². The van der Waals surface area contributed by atoms with Gasteiger partial charge in [-0.25, -0.2) is 0 Å². The Morgan fingerprint density at radius 3 is 2.80 bits per heavy atom. The smallest absolute Gasteiger partial charge is 0.179 e. The monoisotopic (exact) mass is 219 g/mol. The summed E-state index contributed by atoms with van der Waals surface area (Å²) in [5, 5.41) is 3.84. The molecule has 15 heavy (non-hydrogen) atoms. The first kappa shape index (κ1) is 10.1. The maximum absolute atomic E-state index is 5.25. The van der Waals surface area contributed by atoms with Crippen LogP contribution in [-0.4, -0.2) is 24.0 Å². The number of thiocarbonyl (C=S) groups is 1. The van der Waals surface area contributed by atoms with Gasteiger partial charge in [-0.15, -0.1) is 0 Å². The standard InChI is InChI=1S/C11H13N3S/c1-2-12-10-8-14(11(15)13-10)9-6-4-3-5-7-9/h3-7H,2,8H2,1H3,(H,12,13,15). The molecule has 1 aromatic carbocycles. The topological polar surface area (TPSA) is 27.6 Å². The first-order chi connectivity index (χ1) is 7.31. The van der Waals surface area contributed by atoms with Gasteiger partial charge in [0, 0.05) is 12.2 Å². The molecule has 1 aromatic rings.